The molecule has 0 aromatic carbocycles. The van der Waals surface area contributed by atoms with Crippen molar-refractivity contribution in [1.29, 1.82) is 0 Å². The van der Waals surface area contributed by atoms with Crippen molar-refractivity contribution in [3.63, 3.8) is 0 Å². The van der Waals surface area contributed by atoms with E-state index in [1.807, 2.05) is 0 Å². The Morgan fingerprint density at radius 2 is 1.02 bits per heavy atom. The van der Waals surface area contributed by atoms with Crippen LogP contribution in [0, 0.1) is 0 Å². The van der Waals surface area contributed by atoms with Crippen LogP contribution in [-0.4, -0.2) is 62.9 Å². The number of unbranched alkanes of at least 4 members (excludes halogenated alkanes) is 14. The lowest BCUT2D eigenvalue weighted by molar-refractivity contribution is -0.150. The van der Waals surface area contributed by atoms with Crippen molar-refractivity contribution in [2.24, 2.45) is 0 Å². The molecule has 0 atom stereocenters. The van der Waals surface area contributed by atoms with Crippen molar-refractivity contribution in [2.45, 2.75) is 175 Å². The summed E-state index contributed by atoms with van der Waals surface area (Å²) in [7, 11) is 1.77. The zero-order valence-electron chi connectivity index (χ0n) is 27.9. The normalized spacial score (nSPS) is 11.5. The first-order valence-corrected chi connectivity index (χ1v) is 17.6. The monoisotopic (exact) mass is 584 g/mol. The fourth-order valence-corrected chi connectivity index (χ4v) is 5.29. The van der Waals surface area contributed by atoms with Crippen LogP contribution in [0.5, 0.6) is 0 Å². The summed E-state index contributed by atoms with van der Waals surface area (Å²) in [5.74, 6) is -0.0318. The average Bonchev–Trinajstić information content (AvgIpc) is 2.96. The zero-order chi connectivity index (χ0) is 30.2. The Balaban J connectivity index is 3.75. The van der Waals surface area contributed by atoms with Gasteiger partial charge in [0.1, 0.15) is 6.10 Å². The van der Waals surface area contributed by atoms with Crippen LogP contribution in [0.2, 0.25) is 0 Å². The zero-order valence-corrected chi connectivity index (χ0v) is 27.9. The minimum atomic E-state index is -0.0192. The van der Waals surface area contributed by atoms with Gasteiger partial charge in [0.2, 0.25) is 0 Å². The van der Waals surface area contributed by atoms with Gasteiger partial charge in [-0.25, -0.2) is 0 Å². The summed E-state index contributed by atoms with van der Waals surface area (Å²) < 4.78 is 16.4. The number of nitrogens with zero attached hydrogens (tertiary/aromatic N) is 1. The molecule has 0 aliphatic heterocycles. The quantitative estimate of drug-likeness (QED) is 0.0580. The fourth-order valence-electron chi connectivity index (χ4n) is 5.29. The second-order valence-corrected chi connectivity index (χ2v) is 11.9. The maximum atomic E-state index is 12.1. The molecule has 0 amide bonds. The molecule has 0 rings (SSSR count). The van der Waals surface area contributed by atoms with Crippen molar-refractivity contribution >= 4 is 11.9 Å². The predicted molar refractivity (Wildman–Crippen MR) is 172 cm³/mol. The maximum absolute atomic E-state index is 12.1. The average molecular weight is 584 g/mol. The number of methoxy groups -OCH3 is 1. The Morgan fingerprint density at radius 3 is 1.56 bits per heavy atom. The molecule has 0 saturated carbocycles. The summed E-state index contributed by atoms with van der Waals surface area (Å²) in [5, 5.41) is 0. The van der Waals surface area contributed by atoms with Crippen LogP contribution in [0.15, 0.2) is 0 Å². The molecule has 41 heavy (non-hydrogen) atoms. The molecule has 0 bridgehead atoms. The van der Waals surface area contributed by atoms with Gasteiger partial charge in [-0.05, 0) is 58.0 Å². The highest BCUT2D eigenvalue weighted by atomic mass is 16.5. The van der Waals surface area contributed by atoms with E-state index in [1.165, 1.54) is 77.0 Å². The largest absolute Gasteiger partial charge is 0.466 e. The Hall–Kier alpha value is -1.14. The van der Waals surface area contributed by atoms with Gasteiger partial charge in [-0.3, -0.25) is 9.59 Å². The second-order valence-electron chi connectivity index (χ2n) is 11.9. The number of ether oxygens (including phenoxy) is 3. The molecule has 6 heteroatoms. The van der Waals surface area contributed by atoms with Gasteiger partial charge in [0.05, 0.1) is 13.2 Å². The summed E-state index contributed by atoms with van der Waals surface area (Å²) in [6, 6.07) is 0. The van der Waals surface area contributed by atoms with E-state index in [0.717, 1.165) is 84.0 Å². The van der Waals surface area contributed by atoms with Crippen molar-refractivity contribution < 1.29 is 23.8 Å². The maximum Gasteiger partial charge on any atom is 0.306 e. The van der Waals surface area contributed by atoms with E-state index < -0.39 is 0 Å². The minimum absolute atomic E-state index is 0.0126. The molecule has 0 N–H and O–H groups in total. The van der Waals surface area contributed by atoms with E-state index in [4.69, 9.17) is 14.2 Å². The third-order valence-corrected chi connectivity index (χ3v) is 7.85. The molecule has 0 saturated heterocycles. The van der Waals surface area contributed by atoms with E-state index in [1.54, 1.807) is 7.11 Å². The van der Waals surface area contributed by atoms with Gasteiger partial charge in [-0.1, -0.05) is 111 Å². The summed E-state index contributed by atoms with van der Waals surface area (Å²) in [6.45, 7) is 11.1. The van der Waals surface area contributed by atoms with E-state index >= 15 is 0 Å². The van der Waals surface area contributed by atoms with Crippen LogP contribution >= 0.6 is 0 Å². The molecule has 0 aliphatic carbocycles. The van der Waals surface area contributed by atoms with Crippen LogP contribution in [0.4, 0.5) is 0 Å². The molecular formula is C35H69NO5. The van der Waals surface area contributed by atoms with E-state index in [2.05, 4.69) is 25.7 Å². The van der Waals surface area contributed by atoms with E-state index in [-0.39, 0.29) is 18.0 Å². The van der Waals surface area contributed by atoms with Crippen LogP contribution in [0.3, 0.4) is 0 Å². The molecule has 0 radical (unpaired) electrons. The third-order valence-electron chi connectivity index (χ3n) is 7.85. The Kier molecular flexibility index (Phi) is 30.9. The number of esters is 2. The van der Waals surface area contributed by atoms with Crippen LogP contribution in [-0.2, 0) is 23.8 Å². The summed E-state index contributed by atoms with van der Waals surface area (Å²) in [4.78, 5) is 26.6. The van der Waals surface area contributed by atoms with Gasteiger partial charge < -0.3 is 19.1 Å². The number of hydrogen-bond acceptors (Lipinski definition) is 6. The first-order valence-electron chi connectivity index (χ1n) is 17.6. The van der Waals surface area contributed by atoms with Crippen LogP contribution < -0.4 is 0 Å². The molecule has 0 aromatic rings. The molecule has 0 heterocycles. The van der Waals surface area contributed by atoms with Crippen LogP contribution in [0.25, 0.3) is 0 Å². The minimum Gasteiger partial charge on any atom is -0.466 e. The first kappa shape index (κ1) is 39.9. The highest BCUT2D eigenvalue weighted by Gasteiger charge is 2.12. The predicted octanol–water partition coefficient (Wildman–Crippen LogP) is 9.42. The van der Waals surface area contributed by atoms with Gasteiger partial charge in [0, 0.05) is 26.5 Å². The first-order chi connectivity index (χ1) is 20.1. The standard InChI is InChI=1S/C35H69NO5/c1-5-8-9-10-11-18-23-31-40-34(37)26-19-14-12-16-21-28-36(30-32-39-4)29-22-17-13-15-20-27-35(38)41-33(24-6-2)25-7-3/h33H,5-32H2,1-4H3. The van der Waals surface area contributed by atoms with Gasteiger partial charge in [-0.15, -0.1) is 0 Å². The number of rotatable bonds is 32. The lowest BCUT2D eigenvalue weighted by Gasteiger charge is -2.22. The number of carbonyl (C=O) groups is 2. The van der Waals surface area contributed by atoms with Crippen LogP contribution in [0.1, 0.15) is 168 Å². The molecule has 0 aliphatic rings. The van der Waals surface area contributed by atoms with E-state index in [0.29, 0.717) is 19.4 Å². The summed E-state index contributed by atoms with van der Waals surface area (Å²) in [6.07, 6.45) is 25.3. The number of hydrogen-bond donors (Lipinski definition) is 0. The molecule has 0 fully saturated rings. The molecule has 0 unspecified atom stereocenters. The molecule has 6 nitrogen and oxygen atoms in total. The highest BCUT2D eigenvalue weighted by Crippen LogP contribution is 2.14. The molecule has 0 aromatic heterocycles. The third kappa shape index (κ3) is 28.7. The number of carbonyl (C=O) groups excluding carboxylic acids is 2. The van der Waals surface area contributed by atoms with Crippen molar-refractivity contribution in [3.8, 4) is 0 Å². The SMILES string of the molecule is CCCCCCCCCOC(=O)CCCCCCCN(CCCCCCCC(=O)OC(CCC)CCC)CCOC. The Bertz CT molecular complexity index is 565. The summed E-state index contributed by atoms with van der Waals surface area (Å²) >= 11 is 0. The van der Waals surface area contributed by atoms with Crippen molar-refractivity contribution in [3.05, 3.63) is 0 Å². The fraction of sp³-hybridized carbons (Fsp3) is 0.943. The molecular weight excluding hydrogens is 514 g/mol. The molecule has 0 spiro atoms. The Labute approximate surface area is 255 Å². The van der Waals surface area contributed by atoms with Gasteiger partial charge >= 0.3 is 11.9 Å². The van der Waals surface area contributed by atoms with Crippen molar-refractivity contribution in [1.82, 2.24) is 4.90 Å². The Morgan fingerprint density at radius 1 is 0.537 bits per heavy atom. The lowest BCUT2D eigenvalue weighted by atomic mass is 10.1. The second kappa shape index (κ2) is 31.8. The van der Waals surface area contributed by atoms with Gasteiger partial charge in [0.15, 0.2) is 0 Å². The van der Waals surface area contributed by atoms with E-state index in [9.17, 15) is 9.59 Å². The van der Waals surface area contributed by atoms with Gasteiger partial charge in [-0.2, -0.15) is 0 Å². The summed E-state index contributed by atoms with van der Waals surface area (Å²) in [5.41, 5.74) is 0. The highest BCUT2D eigenvalue weighted by molar-refractivity contribution is 5.69. The van der Waals surface area contributed by atoms with Crippen molar-refractivity contribution in [2.75, 3.05) is 40.0 Å². The smallest absolute Gasteiger partial charge is 0.306 e. The molecule has 244 valence electrons. The van der Waals surface area contributed by atoms with Gasteiger partial charge in [0.25, 0.3) is 0 Å². The topological polar surface area (TPSA) is 65.1 Å². The lowest BCUT2D eigenvalue weighted by Crippen LogP contribution is -2.29.